The number of nitrogens with zero attached hydrogens (tertiary/aromatic N) is 1. The number of hydrogen-bond donors (Lipinski definition) is 1. The lowest BCUT2D eigenvalue weighted by molar-refractivity contribution is 0.805. The molecule has 0 radical (unpaired) electrons. The number of anilines is 1. The molecule has 2 rings (SSSR count). The Morgan fingerprint density at radius 1 is 1.69 bits per heavy atom. The topological polar surface area (TPSA) is 24.9 Å². The molecule has 72 valence electrons. The van der Waals surface area contributed by atoms with Crippen molar-refractivity contribution in [3.05, 3.63) is 11.1 Å². The Labute approximate surface area is 87.1 Å². The van der Waals surface area contributed by atoms with Gasteiger partial charge < -0.3 is 5.32 Å². The fourth-order valence-corrected chi connectivity index (χ4v) is 3.34. The third-order valence-corrected chi connectivity index (χ3v) is 4.44. The normalized spacial score (nSPS) is 22.1. The van der Waals surface area contributed by atoms with Crippen LogP contribution in [0.4, 0.5) is 5.13 Å². The van der Waals surface area contributed by atoms with Gasteiger partial charge in [-0.05, 0) is 25.5 Å². The number of aryl methyl sites for hydroxylation is 1. The summed E-state index contributed by atoms with van der Waals surface area (Å²) in [5.41, 5.74) is 1.12. The molecule has 0 aliphatic carbocycles. The first-order valence-corrected chi connectivity index (χ1v) is 6.55. The van der Waals surface area contributed by atoms with E-state index in [-0.39, 0.29) is 0 Å². The second-order valence-corrected chi connectivity index (χ2v) is 5.58. The van der Waals surface area contributed by atoms with Crippen LogP contribution in [-0.2, 0) is 0 Å². The van der Waals surface area contributed by atoms with Gasteiger partial charge in [-0.15, -0.1) is 11.3 Å². The van der Waals surface area contributed by atoms with Crippen LogP contribution < -0.4 is 5.32 Å². The zero-order valence-corrected chi connectivity index (χ0v) is 9.38. The van der Waals surface area contributed by atoms with Crippen LogP contribution >= 0.6 is 23.1 Å². The fraction of sp³-hybridized carbons (Fsp3) is 0.667. The van der Waals surface area contributed by atoms with E-state index in [9.17, 15) is 0 Å². The van der Waals surface area contributed by atoms with Crippen LogP contribution in [-0.4, -0.2) is 22.5 Å². The van der Waals surface area contributed by atoms with Gasteiger partial charge in [0.05, 0.1) is 5.69 Å². The van der Waals surface area contributed by atoms with Crippen molar-refractivity contribution in [3.8, 4) is 0 Å². The van der Waals surface area contributed by atoms with Crippen LogP contribution in [0, 0.1) is 6.92 Å². The minimum absolute atomic E-state index is 0.809. The molecule has 1 aliphatic rings. The van der Waals surface area contributed by atoms with Crippen molar-refractivity contribution >= 4 is 28.2 Å². The van der Waals surface area contributed by atoms with Crippen LogP contribution in [0.3, 0.4) is 0 Å². The molecule has 2 heterocycles. The van der Waals surface area contributed by atoms with Gasteiger partial charge in [0, 0.05) is 17.2 Å². The van der Waals surface area contributed by atoms with Crippen molar-refractivity contribution in [2.75, 3.05) is 17.6 Å². The quantitative estimate of drug-likeness (QED) is 0.837. The molecule has 0 aromatic carbocycles. The number of thiazole rings is 1. The van der Waals surface area contributed by atoms with E-state index in [4.69, 9.17) is 0 Å². The van der Waals surface area contributed by atoms with Crippen molar-refractivity contribution < 1.29 is 0 Å². The van der Waals surface area contributed by atoms with Crippen LogP contribution in [0.25, 0.3) is 0 Å². The molecule has 1 aliphatic heterocycles. The summed E-state index contributed by atoms with van der Waals surface area (Å²) in [6.45, 7) is 3.11. The molecule has 4 heteroatoms. The number of aromatic nitrogens is 1. The summed E-state index contributed by atoms with van der Waals surface area (Å²) in [6, 6.07) is 0. The Balaban J connectivity index is 1.78. The molecular weight excluding hydrogens is 200 g/mol. The standard InChI is InChI=1S/C9H14N2S2/c1-7-6-13-9(11-7)10-5-8-3-2-4-12-8/h6,8H,2-5H2,1H3,(H,10,11). The number of rotatable bonds is 3. The van der Waals surface area contributed by atoms with Crippen LogP contribution in [0.15, 0.2) is 5.38 Å². The van der Waals surface area contributed by atoms with E-state index in [1.54, 1.807) is 11.3 Å². The van der Waals surface area contributed by atoms with E-state index < -0.39 is 0 Å². The highest BCUT2D eigenvalue weighted by molar-refractivity contribution is 8.00. The Hall–Kier alpha value is -0.220. The summed E-state index contributed by atoms with van der Waals surface area (Å²) < 4.78 is 0. The second-order valence-electron chi connectivity index (χ2n) is 3.31. The third-order valence-electron chi connectivity index (χ3n) is 2.12. The van der Waals surface area contributed by atoms with E-state index in [1.165, 1.54) is 18.6 Å². The maximum Gasteiger partial charge on any atom is 0.182 e. The zero-order valence-electron chi connectivity index (χ0n) is 7.75. The van der Waals surface area contributed by atoms with E-state index in [1.807, 2.05) is 6.92 Å². The average Bonchev–Trinajstić information content (AvgIpc) is 2.71. The minimum atomic E-state index is 0.809. The van der Waals surface area contributed by atoms with Crippen LogP contribution in [0.5, 0.6) is 0 Å². The van der Waals surface area contributed by atoms with E-state index in [0.717, 1.165) is 22.6 Å². The second kappa shape index (κ2) is 4.33. The molecule has 1 fully saturated rings. The fourth-order valence-electron chi connectivity index (χ4n) is 1.44. The van der Waals surface area contributed by atoms with Crippen molar-refractivity contribution in [3.63, 3.8) is 0 Å². The van der Waals surface area contributed by atoms with Crippen molar-refractivity contribution in [2.24, 2.45) is 0 Å². The lowest BCUT2D eigenvalue weighted by atomic mass is 10.2. The van der Waals surface area contributed by atoms with Gasteiger partial charge in [-0.2, -0.15) is 11.8 Å². The highest BCUT2D eigenvalue weighted by Gasteiger charge is 2.15. The SMILES string of the molecule is Cc1csc(NCC2CCCS2)n1. The molecule has 1 atom stereocenters. The van der Waals surface area contributed by atoms with Gasteiger partial charge in [0.25, 0.3) is 0 Å². The van der Waals surface area contributed by atoms with Gasteiger partial charge >= 0.3 is 0 Å². The highest BCUT2D eigenvalue weighted by Crippen LogP contribution is 2.26. The molecule has 1 saturated heterocycles. The summed E-state index contributed by atoms with van der Waals surface area (Å²) in [6.07, 6.45) is 2.75. The van der Waals surface area contributed by atoms with Crippen molar-refractivity contribution in [1.82, 2.24) is 4.98 Å². The Morgan fingerprint density at radius 3 is 3.23 bits per heavy atom. The first kappa shape index (κ1) is 9.34. The summed E-state index contributed by atoms with van der Waals surface area (Å²) >= 11 is 3.78. The van der Waals surface area contributed by atoms with E-state index in [0.29, 0.717) is 0 Å². The number of hydrogen-bond acceptors (Lipinski definition) is 4. The lowest BCUT2D eigenvalue weighted by Crippen LogP contribution is -2.13. The van der Waals surface area contributed by atoms with Crippen molar-refractivity contribution in [2.45, 2.75) is 25.0 Å². The molecule has 0 bridgehead atoms. The molecule has 0 saturated carbocycles. The van der Waals surface area contributed by atoms with Gasteiger partial charge in [-0.25, -0.2) is 4.98 Å². The third kappa shape index (κ3) is 2.61. The summed E-state index contributed by atoms with van der Waals surface area (Å²) in [5, 5.41) is 7.36. The molecule has 2 nitrogen and oxygen atoms in total. The molecule has 0 amide bonds. The summed E-state index contributed by atoms with van der Waals surface area (Å²) in [5.74, 6) is 1.34. The van der Waals surface area contributed by atoms with Gasteiger partial charge in [-0.1, -0.05) is 0 Å². The van der Waals surface area contributed by atoms with Crippen LogP contribution in [0.2, 0.25) is 0 Å². The molecule has 1 aromatic rings. The largest absolute Gasteiger partial charge is 0.360 e. The van der Waals surface area contributed by atoms with Gasteiger partial charge in [0.15, 0.2) is 5.13 Å². The first-order valence-electron chi connectivity index (χ1n) is 4.62. The highest BCUT2D eigenvalue weighted by atomic mass is 32.2. The first-order chi connectivity index (χ1) is 6.34. The van der Waals surface area contributed by atoms with Crippen LogP contribution in [0.1, 0.15) is 18.5 Å². The molecule has 1 N–H and O–H groups in total. The smallest absolute Gasteiger partial charge is 0.182 e. The minimum Gasteiger partial charge on any atom is -0.360 e. The number of thioether (sulfide) groups is 1. The van der Waals surface area contributed by atoms with Crippen molar-refractivity contribution in [1.29, 1.82) is 0 Å². The molecule has 1 aromatic heterocycles. The predicted octanol–water partition coefficient (Wildman–Crippen LogP) is 2.76. The number of nitrogens with one attached hydrogen (secondary N) is 1. The van der Waals surface area contributed by atoms with Gasteiger partial charge in [0.2, 0.25) is 0 Å². The molecule has 1 unspecified atom stereocenters. The monoisotopic (exact) mass is 214 g/mol. The Bertz CT molecular complexity index is 266. The molecule has 0 spiro atoms. The van der Waals surface area contributed by atoms with Gasteiger partial charge in [-0.3, -0.25) is 0 Å². The molecular formula is C9H14N2S2. The average molecular weight is 214 g/mol. The summed E-state index contributed by atoms with van der Waals surface area (Å²) in [7, 11) is 0. The Morgan fingerprint density at radius 2 is 2.62 bits per heavy atom. The van der Waals surface area contributed by atoms with E-state index >= 15 is 0 Å². The maximum absolute atomic E-state index is 4.37. The van der Waals surface area contributed by atoms with Gasteiger partial charge in [0.1, 0.15) is 0 Å². The van der Waals surface area contributed by atoms with E-state index in [2.05, 4.69) is 27.4 Å². The molecule has 13 heavy (non-hydrogen) atoms. The zero-order chi connectivity index (χ0) is 9.10. The maximum atomic E-state index is 4.37. The lowest BCUT2D eigenvalue weighted by Gasteiger charge is -2.08. The summed E-state index contributed by atoms with van der Waals surface area (Å²) in [4.78, 5) is 4.37. The predicted molar refractivity (Wildman–Crippen MR) is 60.8 cm³/mol. The Kier molecular flexibility index (Phi) is 3.11.